The summed E-state index contributed by atoms with van der Waals surface area (Å²) in [5, 5.41) is 3.69. The molecule has 1 aromatic rings. The van der Waals surface area contributed by atoms with Crippen LogP contribution in [0.25, 0.3) is 0 Å². The van der Waals surface area contributed by atoms with Crippen LogP contribution in [0.3, 0.4) is 0 Å². The molecule has 2 unspecified atom stereocenters. The molecule has 2 nitrogen and oxygen atoms in total. The second kappa shape index (κ2) is 8.72. The summed E-state index contributed by atoms with van der Waals surface area (Å²) in [6.07, 6.45) is 7.06. The van der Waals surface area contributed by atoms with E-state index in [1.54, 1.807) is 12.1 Å². The van der Waals surface area contributed by atoms with Crippen LogP contribution in [-0.4, -0.2) is 19.3 Å². The molecule has 2 atom stereocenters. The molecule has 2 rings (SSSR count). The molecular weight excluding hydrogens is 289 g/mol. The quantitative estimate of drug-likeness (QED) is 0.739. The second-order valence-electron chi connectivity index (χ2n) is 5.75. The average molecular weight is 314 g/mol. The fourth-order valence-corrected chi connectivity index (χ4v) is 2.97. The van der Waals surface area contributed by atoms with Crippen molar-refractivity contribution in [1.29, 1.82) is 0 Å². The van der Waals surface area contributed by atoms with Gasteiger partial charge in [0.15, 0.2) is 0 Å². The first-order chi connectivity index (χ1) is 10.2. The molecule has 1 saturated heterocycles. The summed E-state index contributed by atoms with van der Waals surface area (Å²) in [4.78, 5) is 0. The third-order valence-electron chi connectivity index (χ3n) is 4.03. The van der Waals surface area contributed by atoms with E-state index in [2.05, 4.69) is 12.2 Å². The van der Waals surface area contributed by atoms with Gasteiger partial charge in [-0.1, -0.05) is 24.6 Å². The largest absolute Gasteiger partial charge is 0.378 e. The van der Waals surface area contributed by atoms with Crippen molar-refractivity contribution >= 4 is 11.6 Å². The molecule has 0 aromatic heterocycles. The van der Waals surface area contributed by atoms with Crippen LogP contribution in [0.5, 0.6) is 0 Å². The molecule has 4 heteroatoms. The Labute approximate surface area is 132 Å². The third kappa shape index (κ3) is 5.24. The molecule has 0 bridgehead atoms. The molecule has 1 fully saturated rings. The van der Waals surface area contributed by atoms with Gasteiger partial charge in [0.05, 0.1) is 11.1 Å². The molecule has 0 saturated carbocycles. The minimum absolute atomic E-state index is 0.187. The summed E-state index contributed by atoms with van der Waals surface area (Å²) in [5.41, 5.74) is 0.984. The topological polar surface area (TPSA) is 21.3 Å². The number of benzene rings is 1. The van der Waals surface area contributed by atoms with E-state index in [1.807, 2.05) is 6.07 Å². The van der Waals surface area contributed by atoms with Crippen molar-refractivity contribution in [2.75, 3.05) is 13.2 Å². The maximum atomic E-state index is 13.6. The van der Waals surface area contributed by atoms with E-state index >= 15 is 0 Å². The maximum Gasteiger partial charge on any atom is 0.142 e. The molecule has 118 valence electrons. The van der Waals surface area contributed by atoms with Crippen LogP contribution < -0.4 is 5.32 Å². The smallest absolute Gasteiger partial charge is 0.142 e. The lowest BCUT2D eigenvalue weighted by Gasteiger charge is -2.20. The fourth-order valence-electron chi connectivity index (χ4n) is 2.86. The van der Waals surface area contributed by atoms with Crippen LogP contribution in [0.2, 0.25) is 5.02 Å². The van der Waals surface area contributed by atoms with Gasteiger partial charge in [-0.15, -0.1) is 0 Å². The number of ether oxygens (including phenoxy) is 1. The van der Waals surface area contributed by atoms with Gasteiger partial charge in [0, 0.05) is 12.6 Å². The molecule has 1 N–H and O–H groups in total. The molecular formula is C17H25ClFNO. The fraction of sp³-hybridized carbons (Fsp3) is 0.647. The minimum atomic E-state index is -0.336. The molecule has 0 spiro atoms. The van der Waals surface area contributed by atoms with Gasteiger partial charge >= 0.3 is 0 Å². The van der Waals surface area contributed by atoms with Gasteiger partial charge in [0.25, 0.3) is 0 Å². The lowest BCUT2D eigenvalue weighted by Crippen LogP contribution is -2.22. The lowest BCUT2D eigenvalue weighted by molar-refractivity contribution is 0.101. The highest BCUT2D eigenvalue weighted by Gasteiger charge is 2.17. The first kappa shape index (κ1) is 16.7. The van der Waals surface area contributed by atoms with E-state index in [4.69, 9.17) is 16.3 Å². The molecule has 1 heterocycles. The van der Waals surface area contributed by atoms with Crippen LogP contribution in [0.15, 0.2) is 18.2 Å². The Morgan fingerprint density at radius 3 is 3.00 bits per heavy atom. The summed E-state index contributed by atoms with van der Waals surface area (Å²) in [6, 6.07) is 5.32. The predicted molar refractivity (Wildman–Crippen MR) is 85.3 cm³/mol. The van der Waals surface area contributed by atoms with Crippen LogP contribution in [-0.2, 0) is 4.74 Å². The highest BCUT2D eigenvalue weighted by Crippen LogP contribution is 2.25. The van der Waals surface area contributed by atoms with Crippen LogP contribution in [0.1, 0.15) is 57.1 Å². The third-order valence-corrected chi connectivity index (χ3v) is 4.34. The van der Waals surface area contributed by atoms with Gasteiger partial charge in [-0.2, -0.15) is 0 Å². The van der Waals surface area contributed by atoms with E-state index in [1.165, 1.54) is 12.8 Å². The van der Waals surface area contributed by atoms with Crippen LogP contribution in [0, 0.1) is 5.82 Å². The summed E-state index contributed by atoms with van der Waals surface area (Å²) in [6.45, 7) is 3.98. The van der Waals surface area contributed by atoms with Crippen LogP contribution in [0.4, 0.5) is 4.39 Å². The molecule has 0 aliphatic carbocycles. The van der Waals surface area contributed by atoms with Gasteiger partial charge in [-0.3, -0.25) is 0 Å². The highest BCUT2D eigenvalue weighted by molar-refractivity contribution is 6.30. The predicted octanol–water partition coefficient (Wildman–Crippen LogP) is 4.87. The van der Waals surface area contributed by atoms with Gasteiger partial charge in [0.2, 0.25) is 0 Å². The number of nitrogens with one attached hydrogen (secondary N) is 1. The second-order valence-corrected chi connectivity index (χ2v) is 6.15. The zero-order valence-corrected chi connectivity index (χ0v) is 13.5. The monoisotopic (exact) mass is 313 g/mol. The van der Waals surface area contributed by atoms with Gasteiger partial charge in [-0.25, -0.2) is 4.39 Å². The van der Waals surface area contributed by atoms with Crippen LogP contribution >= 0.6 is 11.6 Å². The zero-order valence-electron chi connectivity index (χ0n) is 12.7. The Balaban J connectivity index is 1.90. The standard InChI is InChI=1S/C17H25ClFNO/c1-2-10-20-17(7-3-5-14-6-4-11-21-14)13-8-9-15(18)16(19)12-13/h8-9,12,14,17,20H,2-7,10-11H2,1H3. The van der Waals surface area contributed by atoms with Crippen molar-refractivity contribution in [2.45, 2.75) is 57.6 Å². The van der Waals surface area contributed by atoms with Gasteiger partial charge < -0.3 is 10.1 Å². The molecule has 21 heavy (non-hydrogen) atoms. The highest BCUT2D eigenvalue weighted by atomic mass is 35.5. The average Bonchev–Trinajstić information content (AvgIpc) is 2.99. The van der Waals surface area contributed by atoms with Crippen molar-refractivity contribution < 1.29 is 9.13 Å². The van der Waals surface area contributed by atoms with E-state index in [9.17, 15) is 4.39 Å². The van der Waals surface area contributed by atoms with Crippen molar-refractivity contribution in [3.05, 3.63) is 34.6 Å². The number of hydrogen-bond acceptors (Lipinski definition) is 2. The van der Waals surface area contributed by atoms with E-state index < -0.39 is 0 Å². The van der Waals surface area contributed by atoms with Gasteiger partial charge in [-0.05, 0) is 62.8 Å². The summed E-state index contributed by atoms with van der Waals surface area (Å²) in [7, 11) is 0. The summed E-state index contributed by atoms with van der Waals surface area (Å²) >= 11 is 5.77. The van der Waals surface area contributed by atoms with E-state index in [0.29, 0.717) is 6.10 Å². The zero-order chi connectivity index (χ0) is 15.1. The normalized spacial score (nSPS) is 19.9. The maximum absolute atomic E-state index is 13.6. The van der Waals surface area contributed by atoms with Crippen molar-refractivity contribution in [3.8, 4) is 0 Å². The SMILES string of the molecule is CCCNC(CCCC1CCCO1)c1ccc(Cl)c(F)c1. The van der Waals surface area contributed by atoms with Crippen molar-refractivity contribution in [3.63, 3.8) is 0 Å². The Morgan fingerprint density at radius 1 is 1.48 bits per heavy atom. The molecule has 1 aliphatic rings. The van der Waals surface area contributed by atoms with E-state index in [0.717, 1.165) is 44.4 Å². The van der Waals surface area contributed by atoms with E-state index in [-0.39, 0.29) is 16.9 Å². The lowest BCUT2D eigenvalue weighted by atomic mass is 9.99. The number of rotatable bonds is 8. The number of halogens is 2. The first-order valence-corrected chi connectivity index (χ1v) is 8.38. The minimum Gasteiger partial charge on any atom is -0.378 e. The Bertz CT molecular complexity index is 435. The molecule has 0 amide bonds. The summed E-state index contributed by atoms with van der Waals surface area (Å²) < 4.78 is 19.3. The first-order valence-electron chi connectivity index (χ1n) is 8.00. The molecule has 1 aromatic carbocycles. The summed E-state index contributed by atoms with van der Waals surface area (Å²) in [5.74, 6) is -0.336. The number of hydrogen-bond donors (Lipinski definition) is 1. The molecule has 1 aliphatic heterocycles. The Kier molecular flexibility index (Phi) is 6.94. The van der Waals surface area contributed by atoms with Crippen molar-refractivity contribution in [2.24, 2.45) is 0 Å². The Hall–Kier alpha value is -0.640. The molecule has 0 radical (unpaired) electrons. The van der Waals surface area contributed by atoms with Gasteiger partial charge in [0.1, 0.15) is 5.82 Å². The Morgan fingerprint density at radius 2 is 2.33 bits per heavy atom. The van der Waals surface area contributed by atoms with Crippen molar-refractivity contribution in [1.82, 2.24) is 5.32 Å².